The molecule has 0 amide bonds. The van der Waals surface area contributed by atoms with Gasteiger partial charge in [0.1, 0.15) is 11.9 Å². The number of hydrogen-bond donors (Lipinski definition) is 1. The highest BCUT2D eigenvalue weighted by molar-refractivity contribution is 5.43. The van der Waals surface area contributed by atoms with Gasteiger partial charge in [0.2, 0.25) is 0 Å². The van der Waals surface area contributed by atoms with E-state index in [2.05, 4.69) is 42.2 Å². The molecule has 2 atom stereocenters. The summed E-state index contributed by atoms with van der Waals surface area (Å²) in [7, 11) is 0. The maximum atomic E-state index is 6.14. The smallest absolute Gasteiger partial charge is 0.121 e. The molecule has 3 nitrogen and oxygen atoms in total. The second-order valence-electron chi connectivity index (χ2n) is 6.22. The highest BCUT2D eigenvalue weighted by Crippen LogP contribution is 2.25. The Kier molecular flexibility index (Phi) is 4.64. The topological polar surface area (TPSA) is 38.5 Å². The van der Waals surface area contributed by atoms with Crippen LogP contribution in [0.15, 0.2) is 54.6 Å². The highest BCUT2D eigenvalue weighted by Gasteiger charge is 2.27. The number of anilines is 1. The van der Waals surface area contributed by atoms with Crippen molar-refractivity contribution in [3.63, 3.8) is 0 Å². The number of ether oxygens (including phenoxy) is 1. The molecule has 0 aliphatic carbocycles. The van der Waals surface area contributed by atoms with Gasteiger partial charge in [-0.25, -0.2) is 0 Å². The molecule has 1 heterocycles. The van der Waals surface area contributed by atoms with Crippen molar-refractivity contribution < 1.29 is 4.74 Å². The SMILES string of the molecule is C[C@@H]1CN(Cc2ccccc2)CC[C@H]1Oc1cccc(N)c1. The van der Waals surface area contributed by atoms with Gasteiger partial charge >= 0.3 is 0 Å². The van der Waals surface area contributed by atoms with Crippen LogP contribution in [0.4, 0.5) is 5.69 Å². The van der Waals surface area contributed by atoms with E-state index in [-0.39, 0.29) is 6.10 Å². The second kappa shape index (κ2) is 6.84. The lowest BCUT2D eigenvalue weighted by Crippen LogP contribution is -2.43. The van der Waals surface area contributed by atoms with Gasteiger partial charge in [-0.05, 0) is 24.1 Å². The van der Waals surface area contributed by atoms with Crippen molar-refractivity contribution in [2.75, 3.05) is 18.8 Å². The number of nitrogens with two attached hydrogens (primary N) is 1. The highest BCUT2D eigenvalue weighted by atomic mass is 16.5. The molecule has 1 aliphatic heterocycles. The fraction of sp³-hybridized carbons (Fsp3) is 0.368. The van der Waals surface area contributed by atoms with Crippen LogP contribution >= 0.6 is 0 Å². The van der Waals surface area contributed by atoms with Crippen molar-refractivity contribution in [3.8, 4) is 5.75 Å². The molecule has 22 heavy (non-hydrogen) atoms. The first-order chi connectivity index (χ1) is 10.7. The number of rotatable bonds is 4. The van der Waals surface area contributed by atoms with Gasteiger partial charge in [-0.3, -0.25) is 4.90 Å². The Morgan fingerprint density at radius 2 is 1.95 bits per heavy atom. The van der Waals surface area contributed by atoms with Gasteiger partial charge in [0.25, 0.3) is 0 Å². The summed E-state index contributed by atoms with van der Waals surface area (Å²) in [6.07, 6.45) is 1.33. The van der Waals surface area contributed by atoms with Gasteiger partial charge in [-0.1, -0.05) is 43.3 Å². The zero-order valence-corrected chi connectivity index (χ0v) is 13.1. The molecule has 2 N–H and O–H groups in total. The van der Waals surface area contributed by atoms with E-state index in [1.165, 1.54) is 5.56 Å². The van der Waals surface area contributed by atoms with Crippen molar-refractivity contribution in [1.29, 1.82) is 0 Å². The van der Waals surface area contributed by atoms with E-state index in [1.807, 2.05) is 24.3 Å². The fourth-order valence-corrected chi connectivity index (χ4v) is 3.13. The summed E-state index contributed by atoms with van der Waals surface area (Å²) in [6.45, 7) is 5.44. The molecule has 1 fully saturated rings. The minimum atomic E-state index is 0.272. The molecule has 116 valence electrons. The number of nitrogens with zero attached hydrogens (tertiary/aromatic N) is 1. The summed E-state index contributed by atoms with van der Waals surface area (Å²) in [5, 5.41) is 0. The standard InChI is InChI=1S/C19H24N2O/c1-15-13-21(14-16-6-3-2-4-7-16)11-10-19(15)22-18-9-5-8-17(20)12-18/h2-9,12,15,19H,10-11,13-14,20H2,1H3/t15-,19-/m1/s1. The Bertz CT molecular complexity index is 599. The van der Waals surface area contributed by atoms with E-state index in [1.54, 1.807) is 0 Å². The molecule has 1 saturated heterocycles. The Morgan fingerprint density at radius 1 is 1.14 bits per heavy atom. The van der Waals surface area contributed by atoms with Crippen LogP contribution in [0.1, 0.15) is 18.9 Å². The molecular formula is C19H24N2O. The third kappa shape index (κ3) is 3.80. The first-order valence-electron chi connectivity index (χ1n) is 7.99. The lowest BCUT2D eigenvalue weighted by Gasteiger charge is -2.37. The van der Waals surface area contributed by atoms with Crippen molar-refractivity contribution in [2.24, 2.45) is 5.92 Å². The molecule has 0 bridgehead atoms. The molecule has 0 unspecified atom stereocenters. The van der Waals surface area contributed by atoms with Crippen LogP contribution in [0.2, 0.25) is 0 Å². The first kappa shape index (κ1) is 14.9. The Balaban J connectivity index is 1.56. The Morgan fingerprint density at radius 3 is 2.68 bits per heavy atom. The van der Waals surface area contributed by atoms with Crippen LogP contribution in [0.25, 0.3) is 0 Å². The molecule has 0 radical (unpaired) electrons. The lowest BCUT2D eigenvalue weighted by molar-refractivity contribution is 0.0491. The number of benzene rings is 2. The molecule has 3 rings (SSSR count). The molecule has 0 aromatic heterocycles. The number of piperidine rings is 1. The fourth-order valence-electron chi connectivity index (χ4n) is 3.13. The van der Waals surface area contributed by atoms with Gasteiger partial charge < -0.3 is 10.5 Å². The van der Waals surface area contributed by atoms with Gasteiger partial charge in [-0.2, -0.15) is 0 Å². The Hall–Kier alpha value is -2.00. The average Bonchev–Trinajstić information content (AvgIpc) is 2.51. The van der Waals surface area contributed by atoms with Crippen LogP contribution in [-0.4, -0.2) is 24.1 Å². The maximum Gasteiger partial charge on any atom is 0.121 e. The van der Waals surface area contributed by atoms with Crippen LogP contribution in [0, 0.1) is 5.92 Å². The quantitative estimate of drug-likeness (QED) is 0.877. The van der Waals surface area contributed by atoms with Gasteiger partial charge in [-0.15, -0.1) is 0 Å². The molecule has 2 aromatic rings. The van der Waals surface area contributed by atoms with E-state index in [9.17, 15) is 0 Å². The molecule has 0 saturated carbocycles. The zero-order valence-electron chi connectivity index (χ0n) is 13.1. The second-order valence-corrected chi connectivity index (χ2v) is 6.22. The molecular weight excluding hydrogens is 272 g/mol. The predicted molar refractivity (Wildman–Crippen MR) is 90.8 cm³/mol. The largest absolute Gasteiger partial charge is 0.490 e. The summed E-state index contributed by atoms with van der Waals surface area (Å²) in [6, 6.07) is 18.4. The number of nitrogen functional groups attached to an aromatic ring is 1. The summed E-state index contributed by atoms with van der Waals surface area (Å²) < 4.78 is 6.14. The zero-order chi connectivity index (χ0) is 15.4. The lowest BCUT2D eigenvalue weighted by atomic mass is 9.96. The normalized spacial score (nSPS) is 22.4. The first-order valence-corrected chi connectivity index (χ1v) is 7.99. The summed E-state index contributed by atoms with van der Waals surface area (Å²) >= 11 is 0. The summed E-state index contributed by atoms with van der Waals surface area (Å²) in [5.74, 6) is 1.40. The molecule has 3 heteroatoms. The minimum absolute atomic E-state index is 0.272. The third-order valence-electron chi connectivity index (χ3n) is 4.31. The maximum absolute atomic E-state index is 6.14. The predicted octanol–water partition coefficient (Wildman–Crippen LogP) is 3.56. The number of hydrogen-bond acceptors (Lipinski definition) is 3. The van der Waals surface area contributed by atoms with Gasteiger partial charge in [0.05, 0.1) is 0 Å². The summed E-state index contributed by atoms with van der Waals surface area (Å²) in [5.41, 5.74) is 7.95. The number of likely N-dealkylation sites (tertiary alicyclic amines) is 1. The van der Waals surface area contributed by atoms with Crippen LogP contribution in [-0.2, 0) is 6.54 Å². The van der Waals surface area contributed by atoms with Crippen LogP contribution in [0.5, 0.6) is 5.75 Å². The van der Waals surface area contributed by atoms with E-state index < -0.39 is 0 Å². The molecule has 0 spiro atoms. The van der Waals surface area contributed by atoms with Gasteiger partial charge in [0, 0.05) is 37.3 Å². The molecule has 2 aromatic carbocycles. The van der Waals surface area contributed by atoms with Crippen molar-refractivity contribution in [2.45, 2.75) is 26.0 Å². The van der Waals surface area contributed by atoms with Crippen molar-refractivity contribution in [1.82, 2.24) is 4.90 Å². The van der Waals surface area contributed by atoms with Gasteiger partial charge in [0.15, 0.2) is 0 Å². The third-order valence-corrected chi connectivity index (χ3v) is 4.31. The molecule has 1 aliphatic rings. The van der Waals surface area contributed by atoms with E-state index in [0.29, 0.717) is 5.92 Å². The van der Waals surface area contributed by atoms with Crippen LogP contribution < -0.4 is 10.5 Å². The summed E-state index contributed by atoms with van der Waals surface area (Å²) in [4.78, 5) is 2.51. The minimum Gasteiger partial charge on any atom is -0.490 e. The van der Waals surface area contributed by atoms with Crippen molar-refractivity contribution >= 4 is 5.69 Å². The van der Waals surface area contributed by atoms with E-state index in [4.69, 9.17) is 10.5 Å². The van der Waals surface area contributed by atoms with E-state index in [0.717, 1.165) is 37.5 Å². The monoisotopic (exact) mass is 296 g/mol. The van der Waals surface area contributed by atoms with E-state index >= 15 is 0 Å². The van der Waals surface area contributed by atoms with Crippen LogP contribution in [0.3, 0.4) is 0 Å². The van der Waals surface area contributed by atoms with Crippen molar-refractivity contribution in [3.05, 3.63) is 60.2 Å². The average molecular weight is 296 g/mol. The Labute approximate surface area is 132 Å².